The summed E-state index contributed by atoms with van der Waals surface area (Å²) in [6.07, 6.45) is -0.751. The number of hydrogen-bond acceptors (Lipinski definition) is 0. The summed E-state index contributed by atoms with van der Waals surface area (Å²) in [6, 6.07) is 0. The van der Waals surface area contributed by atoms with E-state index in [-0.39, 0.29) is 5.41 Å². The van der Waals surface area contributed by atoms with Gasteiger partial charge in [-0.05, 0) is 37.0 Å². The average Bonchev–Trinajstić information content (AvgIpc) is 2.77. The van der Waals surface area contributed by atoms with Gasteiger partial charge >= 0.3 is 6.18 Å². The van der Waals surface area contributed by atoms with Crippen LogP contribution in [-0.4, -0.2) is 12.1 Å². The van der Waals surface area contributed by atoms with Crippen LogP contribution in [0.2, 0.25) is 0 Å². The fourth-order valence-corrected chi connectivity index (χ4v) is 3.32. The van der Waals surface area contributed by atoms with E-state index in [1.807, 2.05) is 0 Å². The van der Waals surface area contributed by atoms with Gasteiger partial charge in [0.15, 0.2) is 0 Å². The van der Waals surface area contributed by atoms with Gasteiger partial charge in [-0.2, -0.15) is 13.2 Å². The molecule has 3 unspecified atom stereocenters. The second-order valence-corrected chi connectivity index (χ2v) is 5.06. The Bertz CT molecular complexity index is 226. The Morgan fingerprint density at radius 2 is 2.00 bits per heavy atom. The number of hydrogen-bond donors (Lipinski definition) is 0. The standard InChI is InChI=1S/C10H14ClF3/c11-6-8-5-9(8)3-1-2-7(4-9)10(12,13)14/h7-8H,1-6H2. The predicted molar refractivity (Wildman–Crippen MR) is 49.3 cm³/mol. The zero-order chi connectivity index (χ0) is 10.4. The highest BCUT2D eigenvalue weighted by Crippen LogP contribution is 2.64. The third-order valence-electron chi connectivity index (χ3n) is 3.89. The Labute approximate surface area is 86.8 Å². The first-order chi connectivity index (χ1) is 6.48. The summed E-state index contributed by atoms with van der Waals surface area (Å²) < 4.78 is 37.5. The van der Waals surface area contributed by atoms with Gasteiger partial charge in [-0.1, -0.05) is 6.42 Å². The number of alkyl halides is 4. The monoisotopic (exact) mass is 226 g/mol. The molecule has 4 heteroatoms. The van der Waals surface area contributed by atoms with Gasteiger partial charge in [0.25, 0.3) is 0 Å². The first-order valence-electron chi connectivity index (χ1n) is 5.11. The molecule has 0 heterocycles. The maximum Gasteiger partial charge on any atom is 0.391 e. The van der Waals surface area contributed by atoms with Gasteiger partial charge in [-0.25, -0.2) is 0 Å². The van der Waals surface area contributed by atoms with Crippen molar-refractivity contribution in [3.8, 4) is 0 Å². The molecular weight excluding hydrogens is 213 g/mol. The fourth-order valence-electron chi connectivity index (χ4n) is 2.88. The Hall–Kier alpha value is 0.0800. The highest BCUT2D eigenvalue weighted by Gasteiger charge is 2.58. The highest BCUT2D eigenvalue weighted by molar-refractivity contribution is 6.18. The Morgan fingerprint density at radius 1 is 1.29 bits per heavy atom. The van der Waals surface area contributed by atoms with E-state index in [4.69, 9.17) is 11.6 Å². The molecule has 0 radical (unpaired) electrons. The van der Waals surface area contributed by atoms with Crippen LogP contribution in [0.25, 0.3) is 0 Å². The Morgan fingerprint density at radius 3 is 2.50 bits per heavy atom. The fraction of sp³-hybridized carbons (Fsp3) is 1.00. The van der Waals surface area contributed by atoms with Crippen LogP contribution in [0, 0.1) is 17.3 Å². The van der Waals surface area contributed by atoms with Crippen molar-refractivity contribution < 1.29 is 13.2 Å². The van der Waals surface area contributed by atoms with Crippen molar-refractivity contribution in [2.24, 2.45) is 17.3 Å². The van der Waals surface area contributed by atoms with Crippen molar-refractivity contribution in [2.45, 2.75) is 38.3 Å². The molecule has 0 bridgehead atoms. The molecule has 0 saturated heterocycles. The smallest absolute Gasteiger partial charge is 0.171 e. The number of rotatable bonds is 1. The predicted octanol–water partition coefficient (Wildman–Crippen LogP) is 3.98. The molecule has 14 heavy (non-hydrogen) atoms. The van der Waals surface area contributed by atoms with Gasteiger partial charge in [0.05, 0.1) is 5.92 Å². The lowest BCUT2D eigenvalue weighted by Crippen LogP contribution is -2.30. The second kappa shape index (κ2) is 3.29. The molecule has 0 amide bonds. The molecule has 2 aliphatic rings. The first kappa shape index (κ1) is 10.6. The van der Waals surface area contributed by atoms with Crippen LogP contribution >= 0.6 is 11.6 Å². The van der Waals surface area contributed by atoms with Crippen LogP contribution in [0.15, 0.2) is 0 Å². The van der Waals surface area contributed by atoms with Crippen molar-refractivity contribution in [1.29, 1.82) is 0 Å². The molecule has 1 spiro atoms. The van der Waals surface area contributed by atoms with Crippen LogP contribution in [0.3, 0.4) is 0 Å². The summed E-state index contributed by atoms with van der Waals surface area (Å²) >= 11 is 5.70. The van der Waals surface area contributed by atoms with E-state index < -0.39 is 12.1 Å². The molecule has 2 fully saturated rings. The van der Waals surface area contributed by atoms with Crippen LogP contribution in [0.1, 0.15) is 32.1 Å². The maximum atomic E-state index is 12.5. The largest absolute Gasteiger partial charge is 0.391 e. The molecule has 2 saturated carbocycles. The lowest BCUT2D eigenvalue weighted by atomic mass is 9.77. The van der Waals surface area contributed by atoms with Crippen molar-refractivity contribution in [2.75, 3.05) is 5.88 Å². The molecule has 2 rings (SSSR count). The van der Waals surface area contributed by atoms with E-state index in [9.17, 15) is 13.2 Å². The van der Waals surface area contributed by atoms with E-state index in [0.29, 0.717) is 24.6 Å². The lowest BCUT2D eigenvalue weighted by Gasteiger charge is -2.31. The zero-order valence-electron chi connectivity index (χ0n) is 7.91. The average molecular weight is 227 g/mol. The maximum absolute atomic E-state index is 12.5. The third kappa shape index (κ3) is 1.75. The summed E-state index contributed by atoms with van der Waals surface area (Å²) in [4.78, 5) is 0. The van der Waals surface area contributed by atoms with Crippen LogP contribution in [-0.2, 0) is 0 Å². The molecule has 0 aromatic heterocycles. The minimum atomic E-state index is -3.99. The van der Waals surface area contributed by atoms with Gasteiger partial charge in [0.1, 0.15) is 0 Å². The topological polar surface area (TPSA) is 0 Å². The first-order valence-corrected chi connectivity index (χ1v) is 5.64. The molecular formula is C10H14ClF3. The van der Waals surface area contributed by atoms with Gasteiger partial charge in [0.2, 0.25) is 0 Å². The third-order valence-corrected chi connectivity index (χ3v) is 4.26. The minimum Gasteiger partial charge on any atom is -0.171 e. The van der Waals surface area contributed by atoms with Gasteiger partial charge in [-0.15, -0.1) is 11.6 Å². The van der Waals surface area contributed by atoms with Crippen molar-refractivity contribution in [1.82, 2.24) is 0 Å². The van der Waals surface area contributed by atoms with Crippen LogP contribution in [0.5, 0.6) is 0 Å². The van der Waals surface area contributed by atoms with Crippen molar-refractivity contribution in [3.63, 3.8) is 0 Å². The molecule has 82 valence electrons. The molecule has 0 N–H and O–H groups in total. The Kier molecular flexibility index (Phi) is 2.49. The SMILES string of the molecule is FC(F)(F)C1CCCC2(C1)CC2CCl. The second-order valence-electron chi connectivity index (χ2n) is 4.75. The van der Waals surface area contributed by atoms with Gasteiger partial charge in [-0.3, -0.25) is 0 Å². The minimum absolute atomic E-state index is 0.0276. The molecule has 2 aliphatic carbocycles. The summed E-state index contributed by atoms with van der Waals surface area (Å²) in [7, 11) is 0. The molecule has 0 aliphatic heterocycles. The van der Waals surface area contributed by atoms with E-state index in [2.05, 4.69) is 0 Å². The van der Waals surface area contributed by atoms with Crippen molar-refractivity contribution in [3.05, 3.63) is 0 Å². The van der Waals surface area contributed by atoms with E-state index >= 15 is 0 Å². The van der Waals surface area contributed by atoms with Crippen LogP contribution in [0.4, 0.5) is 13.2 Å². The molecule has 0 nitrogen and oxygen atoms in total. The van der Waals surface area contributed by atoms with Crippen LogP contribution < -0.4 is 0 Å². The summed E-state index contributed by atoms with van der Waals surface area (Å²) in [5.41, 5.74) is -0.0276. The number of halogens is 4. The summed E-state index contributed by atoms with van der Waals surface area (Å²) in [5.74, 6) is -0.177. The van der Waals surface area contributed by atoms with E-state index in [0.717, 1.165) is 19.3 Å². The van der Waals surface area contributed by atoms with E-state index in [1.165, 1.54) is 0 Å². The molecule has 0 aromatic rings. The normalized spacial score (nSPS) is 42.9. The molecule has 0 aromatic carbocycles. The highest BCUT2D eigenvalue weighted by atomic mass is 35.5. The quantitative estimate of drug-likeness (QED) is 0.594. The van der Waals surface area contributed by atoms with E-state index in [1.54, 1.807) is 0 Å². The van der Waals surface area contributed by atoms with Gasteiger partial charge < -0.3 is 0 Å². The molecule has 3 atom stereocenters. The van der Waals surface area contributed by atoms with Gasteiger partial charge in [0, 0.05) is 5.88 Å². The summed E-state index contributed by atoms with van der Waals surface area (Å²) in [5, 5.41) is 0. The Balaban J connectivity index is 1.99. The zero-order valence-corrected chi connectivity index (χ0v) is 8.67. The lowest BCUT2D eigenvalue weighted by molar-refractivity contribution is -0.187. The summed E-state index contributed by atoms with van der Waals surface area (Å²) in [6.45, 7) is 0. The van der Waals surface area contributed by atoms with Crippen molar-refractivity contribution >= 4 is 11.6 Å².